The molecule has 0 saturated heterocycles. The van der Waals surface area contributed by atoms with Gasteiger partial charge < -0.3 is 10.2 Å². The van der Waals surface area contributed by atoms with Gasteiger partial charge in [0, 0.05) is 45.2 Å². The van der Waals surface area contributed by atoms with E-state index in [0.29, 0.717) is 29.3 Å². The molecule has 1 saturated carbocycles. The molecule has 0 spiro atoms. The summed E-state index contributed by atoms with van der Waals surface area (Å²) in [4.78, 5) is 20.6. The van der Waals surface area contributed by atoms with Gasteiger partial charge in [-0.15, -0.1) is 11.3 Å². The minimum atomic E-state index is -2.16. The fraction of sp³-hybridized carbons (Fsp3) is 0.286. The zero-order valence-corrected chi connectivity index (χ0v) is 20.3. The Morgan fingerprint density at radius 2 is 1.88 bits per heavy atom. The molecule has 0 bridgehead atoms. The van der Waals surface area contributed by atoms with Crippen LogP contribution in [0.25, 0.3) is 21.2 Å². The van der Waals surface area contributed by atoms with Gasteiger partial charge in [-0.25, -0.2) is 0 Å². The number of carbonyl (C=O) groups excluding carboxylic acids is 1. The molecule has 1 amide bonds. The van der Waals surface area contributed by atoms with E-state index in [1.165, 1.54) is 11.3 Å². The summed E-state index contributed by atoms with van der Waals surface area (Å²) in [6, 6.07) is 19.9. The highest BCUT2D eigenvalue weighted by Gasteiger charge is 2.31. The highest BCUT2D eigenvalue weighted by Crippen LogP contribution is 2.37. The summed E-state index contributed by atoms with van der Waals surface area (Å²) in [5.74, 6) is -0.0762. The lowest BCUT2D eigenvalue weighted by Crippen LogP contribution is -2.44. The normalized spacial score (nSPS) is 19.9. The number of pyridine rings is 1. The quantitative estimate of drug-likeness (QED) is 0.322. The molecule has 1 aliphatic rings. The fourth-order valence-electron chi connectivity index (χ4n) is 4.77. The minimum absolute atomic E-state index is 0.00647. The van der Waals surface area contributed by atoms with E-state index in [0.717, 1.165) is 39.6 Å². The summed E-state index contributed by atoms with van der Waals surface area (Å²) in [7, 11) is 0. The van der Waals surface area contributed by atoms with Gasteiger partial charge in [0.25, 0.3) is 5.91 Å². The average molecular weight is 493 g/mol. The van der Waals surface area contributed by atoms with Gasteiger partial charge in [-0.05, 0) is 73.6 Å². The molecule has 2 aromatic carbocycles. The van der Waals surface area contributed by atoms with E-state index in [4.69, 9.17) is 15.7 Å². The molecule has 0 radical (unpaired) electrons. The number of nitrogens with zero attached hydrogens (tertiary/aromatic N) is 2. The van der Waals surface area contributed by atoms with Crippen molar-refractivity contribution in [3.63, 3.8) is 0 Å². The van der Waals surface area contributed by atoms with Crippen molar-refractivity contribution in [2.45, 2.75) is 44.3 Å². The fourth-order valence-corrected chi connectivity index (χ4v) is 6.24. The number of fused-ring (bicyclic) bond motifs is 1. The Kier molecular flexibility index (Phi) is 5.90. The number of carbonyl (C=O) groups is 1. The van der Waals surface area contributed by atoms with Crippen LogP contribution in [0.4, 0.5) is 0 Å². The van der Waals surface area contributed by atoms with E-state index in [-0.39, 0.29) is 18.0 Å². The summed E-state index contributed by atoms with van der Waals surface area (Å²) in [5.41, 5.74) is 3.17. The number of hydrogen-bond acceptors (Lipinski definition) is 4. The minimum Gasteiger partial charge on any atom is -0.331 e. The van der Waals surface area contributed by atoms with Gasteiger partial charge in [0.05, 0.1) is 5.02 Å². The van der Waals surface area contributed by atoms with E-state index >= 15 is 0 Å². The van der Waals surface area contributed by atoms with Gasteiger partial charge in [0.2, 0.25) is 0 Å². The largest absolute Gasteiger partial charge is 0.331 e. The Hall–Kier alpha value is -2.73. The molecule has 0 unspecified atom stereocenters. The zero-order valence-electron chi connectivity index (χ0n) is 21.7. The van der Waals surface area contributed by atoms with E-state index < -0.39 is 6.98 Å². The molecule has 2 aromatic heterocycles. The Balaban J connectivity index is 1.44. The second-order valence-electron chi connectivity index (χ2n) is 8.76. The number of nitrogens with one attached hydrogen (secondary N) is 1. The maximum atomic E-state index is 14.0. The lowest BCUT2D eigenvalue weighted by Gasteiger charge is -2.37. The summed E-state index contributed by atoms with van der Waals surface area (Å²) in [5, 5.41) is 4.14. The number of benzene rings is 2. The number of halogens is 1. The van der Waals surface area contributed by atoms with Crippen LogP contribution in [0.5, 0.6) is 0 Å². The van der Waals surface area contributed by atoms with Crippen LogP contribution in [-0.2, 0) is 6.54 Å². The number of rotatable bonds is 6. The second-order valence-corrected chi connectivity index (χ2v) is 10.2. The third-order valence-corrected chi connectivity index (χ3v) is 8.29. The van der Waals surface area contributed by atoms with E-state index in [1.807, 2.05) is 53.4 Å². The summed E-state index contributed by atoms with van der Waals surface area (Å²) in [6.45, 7) is -1.71. The molecule has 0 aliphatic heterocycles. The standard InChI is InChI=1S/C28H28ClN3OS/c1-30-22-9-11-23(12-10-22)32(28(33)27-26(29)24-7-2-3-8-25(24)34-27)18-19-5-4-6-21(17-19)20-13-15-31-16-14-20/h2-8,13-17,22-23,30H,9-12,18H2,1H3/i1D3. The Labute approximate surface area is 213 Å². The predicted molar refractivity (Wildman–Crippen MR) is 141 cm³/mol. The first-order chi connectivity index (χ1) is 17.8. The zero-order chi connectivity index (χ0) is 26.0. The Morgan fingerprint density at radius 1 is 1.09 bits per heavy atom. The number of thiophene rings is 1. The topological polar surface area (TPSA) is 45.2 Å². The molecule has 1 fully saturated rings. The predicted octanol–water partition coefficient (Wildman–Crippen LogP) is 6.79. The van der Waals surface area contributed by atoms with Crippen LogP contribution in [0, 0.1) is 0 Å². The average Bonchev–Trinajstić information content (AvgIpc) is 3.24. The first kappa shape index (κ1) is 19.6. The van der Waals surface area contributed by atoms with Crippen LogP contribution in [0.3, 0.4) is 0 Å². The van der Waals surface area contributed by atoms with Gasteiger partial charge in [0.1, 0.15) is 4.88 Å². The molecule has 174 valence electrons. The van der Waals surface area contributed by atoms with Crippen LogP contribution in [0.15, 0.2) is 73.1 Å². The summed E-state index contributed by atoms with van der Waals surface area (Å²) < 4.78 is 23.6. The molecule has 2 heterocycles. The third-order valence-electron chi connectivity index (χ3n) is 6.63. The maximum absolute atomic E-state index is 14.0. The molecule has 4 aromatic rings. The van der Waals surface area contributed by atoms with Crippen molar-refractivity contribution in [2.24, 2.45) is 0 Å². The van der Waals surface area contributed by atoms with Gasteiger partial charge in [0.15, 0.2) is 0 Å². The van der Waals surface area contributed by atoms with Crippen LogP contribution < -0.4 is 5.32 Å². The van der Waals surface area contributed by atoms with Crippen molar-refractivity contribution in [3.05, 3.63) is 88.5 Å². The van der Waals surface area contributed by atoms with Crippen molar-refractivity contribution in [3.8, 4) is 11.1 Å². The molecule has 0 atom stereocenters. The molecule has 1 aliphatic carbocycles. The van der Waals surface area contributed by atoms with Crippen LogP contribution in [0.2, 0.25) is 5.02 Å². The third kappa shape index (κ3) is 4.74. The van der Waals surface area contributed by atoms with Crippen molar-refractivity contribution in [1.29, 1.82) is 0 Å². The van der Waals surface area contributed by atoms with Gasteiger partial charge in [-0.1, -0.05) is 48.0 Å². The van der Waals surface area contributed by atoms with Crippen molar-refractivity contribution >= 4 is 38.9 Å². The van der Waals surface area contributed by atoms with E-state index in [2.05, 4.69) is 22.4 Å². The van der Waals surface area contributed by atoms with Crippen molar-refractivity contribution in [2.75, 3.05) is 6.98 Å². The van der Waals surface area contributed by atoms with E-state index in [1.54, 1.807) is 12.4 Å². The number of hydrogen-bond donors (Lipinski definition) is 1. The van der Waals surface area contributed by atoms with Crippen LogP contribution >= 0.6 is 22.9 Å². The van der Waals surface area contributed by atoms with Gasteiger partial charge in [-0.2, -0.15) is 0 Å². The van der Waals surface area contributed by atoms with E-state index in [9.17, 15) is 4.79 Å². The molecule has 1 N–H and O–H groups in total. The van der Waals surface area contributed by atoms with Crippen molar-refractivity contribution in [1.82, 2.24) is 15.2 Å². The molecular weight excluding hydrogens is 462 g/mol. The highest BCUT2D eigenvalue weighted by atomic mass is 35.5. The first-order valence-corrected chi connectivity index (χ1v) is 12.7. The lowest BCUT2D eigenvalue weighted by atomic mass is 9.89. The first-order valence-electron chi connectivity index (χ1n) is 13.0. The Bertz CT molecular complexity index is 1380. The smallest absolute Gasteiger partial charge is 0.266 e. The SMILES string of the molecule is [2H]C([2H])([2H])NC1CCC(N(Cc2cccc(-c3ccncc3)c2)C(=O)c2sc3ccccc3c2Cl)CC1. The lowest BCUT2D eigenvalue weighted by molar-refractivity contribution is 0.0606. The van der Waals surface area contributed by atoms with Crippen LogP contribution in [-0.4, -0.2) is 34.9 Å². The van der Waals surface area contributed by atoms with Gasteiger partial charge in [-0.3, -0.25) is 9.78 Å². The molecule has 34 heavy (non-hydrogen) atoms. The van der Waals surface area contributed by atoms with Gasteiger partial charge >= 0.3 is 0 Å². The van der Waals surface area contributed by atoms with Crippen molar-refractivity contribution < 1.29 is 8.91 Å². The number of aromatic nitrogens is 1. The number of amides is 1. The molecule has 5 rings (SSSR count). The molecular formula is C28H28ClN3OS. The monoisotopic (exact) mass is 492 g/mol. The molecule has 4 nitrogen and oxygen atoms in total. The summed E-state index contributed by atoms with van der Waals surface area (Å²) in [6.07, 6.45) is 6.40. The second kappa shape index (κ2) is 10.3. The molecule has 6 heteroatoms. The maximum Gasteiger partial charge on any atom is 0.266 e. The highest BCUT2D eigenvalue weighted by molar-refractivity contribution is 7.21. The summed E-state index contributed by atoms with van der Waals surface area (Å²) >= 11 is 8.15. The Morgan fingerprint density at radius 3 is 2.65 bits per heavy atom. The van der Waals surface area contributed by atoms with Crippen LogP contribution in [0.1, 0.15) is 45.0 Å².